The first-order valence-electron chi connectivity index (χ1n) is 6.70. The first-order valence-corrected chi connectivity index (χ1v) is 7.89. The number of benzene rings is 1. The van der Waals surface area contributed by atoms with Crippen LogP contribution in [0.3, 0.4) is 0 Å². The molecule has 4 rings (SSSR count). The second-order valence-electron chi connectivity index (χ2n) is 5.25. The zero-order valence-corrected chi connectivity index (χ0v) is 12.7. The third-order valence-electron chi connectivity index (χ3n) is 3.94. The number of rotatable bonds is 1. The van der Waals surface area contributed by atoms with E-state index in [4.69, 9.17) is 22.3 Å². The highest BCUT2D eigenvalue weighted by atomic mass is 35.5. The number of thiazole rings is 1. The molecule has 3 aromatic rings. The molecule has 0 amide bonds. The highest BCUT2D eigenvalue weighted by Crippen LogP contribution is 2.37. The quantitative estimate of drug-likeness (QED) is 0.735. The summed E-state index contributed by atoms with van der Waals surface area (Å²) in [5.41, 5.74) is 10.7. The van der Waals surface area contributed by atoms with Crippen LogP contribution in [0.2, 0.25) is 5.02 Å². The predicted octanol–water partition coefficient (Wildman–Crippen LogP) is 4.10. The minimum atomic E-state index is 0.751. The molecule has 0 bridgehead atoms. The van der Waals surface area contributed by atoms with E-state index in [1.165, 1.54) is 17.0 Å². The summed E-state index contributed by atoms with van der Waals surface area (Å²) in [6, 6.07) is 5.94. The van der Waals surface area contributed by atoms with Crippen LogP contribution in [0.4, 0.5) is 5.82 Å². The van der Waals surface area contributed by atoms with E-state index in [-0.39, 0.29) is 0 Å². The largest absolute Gasteiger partial charge is 0.383 e. The molecule has 2 heterocycles. The van der Waals surface area contributed by atoms with E-state index in [2.05, 4.69) is 4.40 Å². The van der Waals surface area contributed by atoms with Crippen LogP contribution >= 0.6 is 22.9 Å². The van der Waals surface area contributed by atoms with E-state index in [9.17, 15) is 0 Å². The Hall–Kier alpha value is -1.52. The Labute approximate surface area is 126 Å². The summed E-state index contributed by atoms with van der Waals surface area (Å²) in [6.45, 7) is 2.00. The topological polar surface area (TPSA) is 43.3 Å². The Morgan fingerprint density at radius 3 is 3.00 bits per heavy atom. The summed E-state index contributed by atoms with van der Waals surface area (Å²) in [5.74, 6) is 0.751. The lowest BCUT2D eigenvalue weighted by Gasteiger charge is -2.03. The minimum Gasteiger partial charge on any atom is -0.383 e. The number of hydrogen-bond acceptors (Lipinski definition) is 3. The van der Waals surface area contributed by atoms with E-state index in [1.54, 1.807) is 11.3 Å². The van der Waals surface area contributed by atoms with Gasteiger partial charge < -0.3 is 5.73 Å². The molecule has 0 fully saturated rings. The molecule has 0 aliphatic heterocycles. The third kappa shape index (κ3) is 1.61. The Bertz CT molecular complexity index is 831. The highest BCUT2D eigenvalue weighted by Gasteiger charge is 2.22. The van der Waals surface area contributed by atoms with Crippen molar-refractivity contribution < 1.29 is 0 Å². The van der Waals surface area contributed by atoms with Gasteiger partial charge in [0.25, 0.3) is 0 Å². The molecule has 1 aromatic carbocycles. The maximum absolute atomic E-state index is 6.35. The third-order valence-corrected chi connectivity index (χ3v) is 5.50. The number of hydrogen-bond donors (Lipinski definition) is 1. The van der Waals surface area contributed by atoms with Crippen molar-refractivity contribution in [3.8, 4) is 11.3 Å². The molecule has 1 aliphatic rings. The van der Waals surface area contributed by atoms with Gasteiger partial charge in [-0.2, -0.15) is 0 Å². The number of nitrogen functional groups attached to an aromatic ring is 1. The zero-order chi connectivity index (χ0) is 13.9. The number of nitrogens with two attached hydrogens (primary N) is 1. The second kappa shape index (κ2) is 4.24. The lowest BCUT2D eigenvalue weighted by molar-refractivity contribution is 0.890. The second-order valence-corrected chi connectivity index (χ2v) is 6.72. The van der Waals surface area contributed by atoms with Crippen molar-refractivity contribution in [3.05, 3.63) is 39.4 Å². The molecule has 3 nitrogen and oxygen atoms in total. The van der Waals surface area contributed by atoms with Gasteiger partial charge in [-0.3, -0.25) is 4.40 Å². The van der Waals surface area contributed by atoms with E-state index < -0.39 is 0 Å². The van der Waals surface area contributed by atoms with Crippen molar-refractivity contribution in [3.63, 3.8) is 0 Å². The van der Waals surface area contributed by atoms with Crippen LogP contribution in [0.15, 0.2) is 18.2 Å². The van der Waals surface area contributed by atoms with Crippen LogP contribution in [0.1, 0.15) is 22.6 Å². The molecule has 0 saturated heterocycles. The van der Waals surface area contributed by atoms with Gasteiger partial charge in [0.15, 0.2) is 4.96 Å². The van der Waals surface area contributed by atoms with Crippen LogP contribution < -0.4 is 5.73 Å². The van der Waals surface area contributed by atoms with Gasteiger partial charge in [-0.05, 0) is 43.9 Å². The molecule has 0 radical (unpaired) electrons. The summed E-state index contributed by atoms with van der Waals surface area (Å²) >= 11 is 7.86. The Morgan fingerprint density at radius 1 is 1.35 bits per heavy atom. The number of fused-ring (bicyclic) bond motifs is 3. The number of imidazole rings is 1. The molecule has 0 saturated carbocycles. The maximum atomic E-state index is 6.35. The lowest BCUT2D eigenvalue weighted by atomic mass is 10.1. The number of anilines is 1. The summed E-state index contributed by atoms with van der Waals surface area (Å²) in [4.78, 5) is 7.18. The van der Waals surface area contributed by atoms with E-state index in [0.717, 1.165) is 45.5 Å². The van der Waals surface area contributed by atoms with Gasteiger partial charge in [0, 0.05) is 21.2 Å². The number of halogens is 1. The van der Waals surface area contributed by atoms with Crippen molar-refractivity contribution in [2.75, 3.05) is 5.73 Å². The average molecular weight is 304 g/mol. The van der Waals surface area contributed by atoms with Crippen LogP contribution in [0, 0.1) is 6.92 Å². The average Bonchev–Trinajstić information content (AvgIpc) is 3.05. The Morgan fingerprint density at radius 2 is 2.20 bits per heavy atom. The van der Waals surface area contributed by atoms with Gasteiger partial charge >= 0.3 is 0 Å². The fraction of sp³-hybridized carbons (Fsp3) is 0.267. The molecule has 2 N–H and O–H groups in total. The van der Waals surface area contributed by atoms with Gasteiger partial charge in [-0.1, -0.05) is 17.7 Å². The molecule has 0 unspecified atom stereocenters. The van der Waals surface area contributed by atoms with E-state index in [1.807, 2.05) is 25.1 Å². The Balaban J connectivity index is 1.94. The van der Waals surface area contributed by atoms with Gasteiger partial charge in [0.2, 0.25) is 0 Å². The normalized spacial score (nSPS) is 14.1. The van der Waals surface area contributed by atoms with Gasteiger partial charge in [-0.25, -0.2) is 4.98 Å². The first-order chi connectivity index (χ1) is 9.65. The zero-order valence-electron chi connectivity index (χ0n) is 11.1. The van der Waals surface area contributed by atoms with Crippen molar-refractivity contribution in [1.29, 1.82) is 0 Å². The van der Waals surface area contributed by atoms with Crippen LogP contribution in [-0.4, -0.2) is 9.38 Å². The smallest absolute Gasteiger partial charge is 0.196 e. The van der Waals surface area contributed by atoms with Crippen molar-refractivity contribution in [1.82, 2.24) is 9.38 Å². The number of aryl methyl sites for hydroxylation is 3. The number of aromatic nitrogens is 2. The fourth-order valence-electron chi connectivity index (χ4n) is 2.90. The summed E-state index contributed by atoms with van der Waals surface area (Å²) < 4.78 is 2.13. The van der Waals surface area contributed by atoms with Gasteiger partial charge in [0.1, 0.15) is 11.5 Å². The molecular weight excluding hydrogens is 290 g/mol. The molecule has 5 heteroatoms. The van der Waals surface area contributed by atoms with Crippen LogP contribution in [0.5, 0.6) is 0 Å². The monoisotopic (exact) mass is 303 g/mol. The molecule has 0 atom stereocenters. The molecule has 102 valence electrons. The fourth-order valence-corrected chi connectivity index (χ4v) is 4.23. The molecule has 0 spiro atoms. The summed E-state index contributed by atoms with van der Waals surface area (Å²) in [5, 5.41) is 0.772. The first kappa shape index (κ1) is 12.2. The maximum Gasteiger partial charge on any atom is 0.196 e. The van der Waals surface area contributed by atoms with Crippen molar-refractivity contribution in [2.24, 2.45) is 0 Å². The van der Waals surface area contributed by atoms with Crippen molar-refractivity contribution >= 4 is 33.7 Å². The van der Waals surface area contributed by atoms with Crippen LogP contribution in [0.25, 0.3) is 16.2 Å². The minimum absolute atomic E-state index is 0.751. The predicted molar refractivity (Wildman–Crippen MR) is 84.7 cm³/mol. The molecule has 2 aromatic heterocycles. The SMILES string of the molecule is Cc1cc(-c2nc3sc4c(n3c2N)CCC4)ccc1Cl. The van der Waals surface area contributed by atoms with Crippen LogP contribution in [-0.2, 0) is 12.8 Å². The Kier molecular flexibility index (Phi) is 2.59. The van der Waals surface area contributed by atoms with Gasteiger partial charge in [0.05, 0.1) is 0 Å². The van der Waals surface area contributed by atoms with Crippen molar-refractivity contribution in [2.45, 2.75) is 26.2 Å². The highest BCUT2D eigenvalue weighted by molar-refractivity contribution is 7.17. The summed E-state index contributed by atoms with van der Waals surface area (Å²) in [7, 11) is 0. The van der Waals surface area contributed by atoms with Gasteiger partial charge in [-0.15, -0.1) is 11.3 Å². The van der Waals surface area contributed by atoms with E-state index >= 15 is 0 Å². The molecule has 1 aliphatic carbocycles. The lowest BCUT2D eigenvalue weighted by Crippen LogP contribution is -1.97. The number of nitrogens with zero attached hydrogens (tertiary/aromatic N) is 2. The standard InChI is InChI=1S/C15H14ClN3S/c1-8-7-9(5-6-10(8)16)13-14(17)19-11-3-2-4-12(11)20-15(19)18-13/h5-7H,2-4,17H2,1H3. The summed E-state index contributed by atoms with van der Waals surface area (Å²) in [6.07, 6.45) is 3.50. The van der Waals surface area contributed by atoms with E-state index in [0.29, 0.717) is 0 Å². The molecular formula is C15H14ClN3S. The molecule has 20 heavy (non-hydrogen) atoms.